The van der Waals surface area contributed by atoms with Crippen molar-refractivity contribution in [3.63, 3.8) is 0 Å². The predicted molar refractivity (Wildman–Crippen MR) is 107 cm³/mol. The Hall–Kier alpha value is -2.29. The van der Waals surface area contributed by atoms with Crippen LogP contribution in [0, 0.1) is 5.82 Å². The van der Waals surface area contributed by atoms with E-state index >= 15 is 0 Å². The summed E-state index contributed by atoms with van der Waals surface area (Å²) in [7, 11) is 0. The highest BCUT2D eigenvalue weighted by Crippen LogP contribution is 2.08. The third-order valence-corrected chi connectivity index (χ3v) is 5.80. The molecule has 1 aliphatic rings. The minimum Gasteiger partial charge on any atom is -0.351 e. The van der Waals surface area contributed by atoms with Crippen LogP contribution in [0.5, 0.6) is 0 Å². The molecule has 0 atom stereocenters. The molecule has 2 aromatic rings. The number of hydrogen-bond acceptors (Lipinski definition) is 3. The van der Waals surface area contributed by atoms with E-state index < -0.39 is 0 Å². The summed E-state index contributed by atoms with van der Waals surface area (Å²) in [5.41, 5.74) is 0.480. The number of rotatable bonds is 8. The number of halogens is 1. The molecule has 3 rings (SSSR count). The van der Waals surface area contributed by atoms with E-state index in [0.717, 1.165) is 32.6 Å². The SMILES string of the molecule is O=C(C[NH+]1CC[NH+](CC(=O)Nc2cccc(F)c2)CC1)NCCc1cccs1. The van der Waals surface area contributed by atoms with Crippen LogP contribution >= 0.6 is 11.3 Å². The molecule has 0 spiro atoms. The van der Waals surface area contributed by atoms with Gasteiger partial charge < -0.3 is 20.4 Å². The Labute approximate surface area is 168 Å². The molecular formula is C20H27FN4O2S+2. The number of amides is 2. The first-order valence-corrected chi connectivity index (χ1v) is 10.5. The summed E-state index contributed by atoms with van der Waals surface area (Å²) in [5.74, 6) is -0.398. The monoisotopic (exact) mass is 406 g/mol. The molecule has 8 heteroatoms. The average Bonchev–Trinajstić information content (AvgIpc) is 3.17. The molecule has 1 saturated heterocycles. The Kier molecular flexibility index (Phi) is 7.53. The van der Waals surface area contributed by atoms with Crippen LogP contribution in [0.1, 0.15) is 4.88 Å². The van der Waals surface area contributed by atoms with E-state index in [0.29, 0.717) is 25.3 Å². The number of benzene rings is 1. The van der Waals surface area contributed by atoms with Gasteiger partial charge in [-0.05, 0) is 36.1 Å². The van der Waals surface area contributed by atoms with Crippen LogP contribution in [-0.4, -0.2) is 57.6 Å². The van der Waals surface area contributed by atoms with Crippen molar-refractivity contribution in [2.75, 3.05) is 51.1 Å². The Morgan fingerprint density at radius 3 is 2.36 bits per heavy atom. The molecule has 1 fully saturated rings. The number of piperazine rings is 1. The molecule has 0 unspecified atom stereocenters. The lowest BCUT2D eigenvalue weighted by Gasteiger charge is -2.28. The van der Waals surface area contributed by atoms with Gasteiger partial charge in [0.1, 0.15) is 32.0 Å². The first-order chi connectivity index (χ1) is 13.6. The Balaban J connectivity index is 1.31. The largest absolute Gasteiger partial charge is 0.351 e. The summed E-state index contributed by atoms with van der Waals surface area (Å²) in [5, 5.41) is 7.77. The molecular weight excluding hydrogens is 379 g/mol. The zero-order valence-corrected chi connectivity index (χ0v) is 16.6. The fourth-order valence-electron chi connectivity index (χ4n) is 3.38. The topological polar surface area (TPSA) is 67.1 Å². The van der Waals surface area contributed by atoms with E-state index in [1.54, 1.807) is 23.5 Å². The molecule has 1 aromatic heterocycles. The van der Waals surface area contributed by atoms with Crippen LogP contribution < -0.4 is 20.4 Å². The van der Waals surface area contributed by atoms with Gasteiger partial charge in [0.15, 0.2) is 13.1 Å². The molecule has 6 nitrogen and oxygen atoms in total. The van der Waals surface area contributed by atoms with Crippen molar-refractivity contribution < 1.29 is 23.8 Å². The Morgan fingerprint density at radius 2 is 1.71 bits per heavy atom. The number of nitrogens with one attached hydrogen (secondary N) is 4. The van der Waals surface area contributed by atoms with Gasteiger partial charge in [-0.2, -0.15) is 0 Å². The minimum atomic E-state index is -0.365. The fourth-order valence-corrected chi connectivity index (χ4v) is 4.09. The molecule has 0 radical (unpaired) electrons. The van der Waals surface area contributed by atoms with E-state index in [-0.39, 0.29) is 17.6 Å². The summed E-state index contributed by atoms with van der Waals surface area (Å²) in [6.07, 6.45) is 0.872. The van der Waals surface area contributed by atoms with Crippen molar-refractivity contribution in [2.24, 2.45) is 0 Å². The molecule has 1 aromatic carbocycles. The number of thiophene rings is 1. The molecule has 2 heterocycles. The second-order valence-electron chi connectivity index (χ2n) is 7.09. The maximum Gasteiger partial charge on any atom is 0.279 e. The zero-order valence-electron chi connectivity index (χ0n) is 15.8. The van der Waals surface area contributed by atoms with E-state index in [2.05, 4.69) is 16.7 Å². The number of hydrogen-bond donors (Lipinski definition) is 4. The molecule has 1 aliphatic heterocycles. The van der Waals surface area contributed by atoms with Crippen LogP contribution in [0.15, 0.2) is 41.8 Å². The van der Waals surface area contributed by atoms with E-state index in [1.165, 1.54) is 26.8 Å². The quantitative estimate of drug-likeness (QED) is 0.453. The molecule has 0 bridgehead atoms. The maximum atomic E-state index is 13.2. The van der Waals surface area contributed by atoms with Crippen LogP contribution in [0.4, 0.5) is 10.1 Å². The third kappa shape index (κ3) is 6.70. The number of carbonyl (C=O) groups is 2. The van der Waals surface area contributed by atoms with E-state index in [4.69, 9.17) is 0 Å². The van der Waals surface area contributed by atoms with Crippen molar-refractivity contribution in [3.8, 4) is 0 Å². The first kappa shape index (κ1) is 20.4. The van der Waals surface area contributed by atoms with Gasteiger partial charge in [0.2, 0.25) is 0 Å². The molecule has 4 N–H and O–H groups in total. The summed E-state index contributed by atoms with van der Waals surface area (Å²) in [4.78, 5) is 28.0. The van der Waals surface area contributed by atoms with Crippen LogP contribution in [0.3, 0.4) is 0 Å². The standard InChI is InChI=1S/C20H25FN4O2S/c21-16-3-1-4-17(13-16)23-20(27)15-25-10-8-24(9-11-25)14-19(26)22-7-6-18-5-2-12-28-18/h1-5,12-13H,6-11,14-15H2,(H,22,26)(H,23,27)/p+2. The molecule has 28 heavy (non-hydrogen) atoms. The van der Waals surface area contributed by atoms with Gasteiger partial charge in [-0.3, -0.25) is 9.59 Å². The van der Waals surface area contributed by atoms with Gasteiger partial charge in [-0.25, -0.2) is 4.39 Å². The van der Waals surface area contributed by atoms with Crippen LogP contribution in [-0.2, 0) is 16.0 Å². The fraction of sp³-hybridized carbons (Fsp3) is 0.400. The summed E-state index contributed by atoms with van der Waals surface area (Å²) < 4.78 is 13.2. The number of anilines is 1. The number of quaternary nitrogens is 2. The zero-order chi connectivity index (χ0) is 19.8. The normalized spacial score (nSPS) is 19.2. The lowest BCUT2D eigenvalue weighted by Crippen LogP contribution is -3.28. The van der Waals surface area contributed by atoms with Gasteiger partial charge >= 0.3 is 0 Å². The van der Waals surface area contributed by atoms with Crippen molar-refractivity contribution in [1.29, 1.82) is 0 Å². The van der Waals surface area contributed by atoms with E-state index in [9.17, 15) is 14.0 Å². The van der Waals surface area contributed by atoms with Crippen molar-refractivity contribution >= 4 is 28.8 Å². The van der Waals surface area contributed by atoms with Gasteiger partial charge in [0, 0.05) is 17.1 Å². The Bertz CT molecular complexity index is 776. The molecule has 2 amide bonds. The average molecular weight is 407 g/mol. The lowest BCUT2D eigenvalue weighted by molar-refractivity contribution is -1.00. The Morgan fingerprint density at radius 1 is 1.00 bits per heavy atom. The predicted octanol–water partition coefficient (Wildman–Crippen LogP) is -1.03. The molecule has 0 saturated carbocycles. The highest BCUT2D eigenvalue weighted by molar-refractivity contribution is 7.09. The highest BCUT2D eigenvalue weighted by Gasteiger charge is 2.26. The van der Waals surface area contributed by atoms with Crippen LogP contribution in [0.2, 0.25) is 0 Å². The van der Waals surface area contributed by atoms with Crippen molar-refractivity contribution in [2.45, 2.75) is 6.42 Å². The summed E-state index contributed by atoms with van der Waals surface area (Å²) >= 11 is 1.71. The molecule has 0 aliphatic carbocycles. The van der Waals surface area contributed by atoms with Gasteiger partial charge in [0.25, 0.3) is 11.8 Å². The van der Waals surface area contributed by atoms with Crippen molar-refractivity contribution in [1.82, 2.24) is 5.32 Å². The minimum absolute atomic E-state index is 0.0823. The van der Waals surface area contributed by atoms with Gasteiger partial charge in [-0.15, -0.1) is 11.3 Å². The van der Waals surface area contributed by atoms with Crippen molar-refractivity contribution in [3.05, 3.63) is 52.5 Å². The second kappa shape index (κ2) is 10.3. The van der Waals surface area contributed by atoms with Gasteiger partial charge in [0.05, 0.1) is 0 Å². The summed E-state index contributed by atoms with van der Waals surface area (Å²) in [6.45, 7) is 4.92. The maximum absolute atomic E-state index is 13.2. The second-order valence-corrected chi connectivity index (χ2v) is 8.12. The van der Waals surface area contributed by atoms with E-state index in [1.807, 2.05) is 11.4 Å². The first-order valence-electron chi connectivity index (χ1n) is 9.60. The highest BCUT2D eigenvalue weighted by atomic mass is 32.1. The summed E-state index contributed by atoms with van der Waals surface area (Å²) in [6, 6.07) is 10.0. The van der Waals surface area contributed by atoms with Crippen LogP contribution in [0.25, 0.3) is 0 Å². The number of carbonyl (C=O) groups excluding carboxylic acids is 2. The molecule has 150 valence electrons. The van der Waals surface area contributed by atoms with Gasteiger partial charge in [-0.1, -0.05) is 12.1 Å². The smallest absolute Gasteiger partial charge is 0.279 e. The lowest BCUT2D eigenvalue weighted by atomic mass is 10.3. The third-order valence-electron chi connectivity index (χ3n) is 4.87.